The summed E-state index contributed by atoms with van der Waals surface area (Å²) in [6.45, 7) is 6.18. The fourth-order valence-electron chi connectivity index (χ4n) is 4.20. The smallest absolute Gasteiger partial charge is 0.155 e. The molecule has 0 amide bonds. The summed E-state index contributed by atoms with van der Waals surface area (Å²) in [4.78, 5) is 21.2. The lowest BCUT2D eigenvalue weighted by Crippen LogP contribution is -2.09. The molecule has 3 N–H and O–H groups in total. The van der Waals surface area contributed by atoms with Gasteiger partial charge in [-0.3, -0.25) is 15.1 Å². The molecule has 0 aliphatic carbocycles. The molecule has 0 spiro atoms. The van der Waals surface area contributed by atoms with Crippen molar-refractivity contribution < 1.29 is 0 Å². The lowest BCUT2D eigenvalue weighted by molar-refractivity contribution is 0.898. The molecule has 6 aromatic rings. The average Bonchev–Trinajstić information content (AvgIpc) is 3.55. The molecule has 6 rings (SSSR count). The third-order valence-corrected chi connectivity index (χ3v) is 5.71. The summed E-state index contributed by atoms with van der Waals surface area (Å²) in [5.41, 5.74) is 8.20. The Morgan fingerprint density at radius 3 is 2.59 bits per heavy atom. The Labute approximate surface area is 195 Å². The number of rotatable bonds is 5. The van der Waals surface area contributed by atoms with Crippen LogP contribution in [-0.4, -0.2) is 45.7 Å². The van der Waals surface area contributed by atoms with E-state index >= 15 is 0 Å². The number of imidazole rings is 1. The number of anilines is 1. The molecule has 0 radical (unpaired) electrons. The molecule has 168 valence electrons. The van der Waals surface area contributed by atoms with Crippen molar-refractivity contribution in [2.45, 2.75) is 26.8 Å². The van der Waals surface area contributed by atoms with Crippen molar-refractivity contribution in [3.8, 4) is 28.2 Å². The first-order valence-corrected chi connectivity index (χ1v) is 11.1. The lowest BCUT2D eigenvalue weighted by Gasteiger charge is -2.10. The van der Waals surface area contributed by atoms with Gasteiger partial charge >= 0.3 is 0 Å². The van der Waals surface area contributed by atoms with Crippen molar-refractivity contribution in [1.82, 2.24) is 39.7 Å². The summed E-state index contributed by atoms with van der Waals surface area (Å²) in [5.74, 6) is 0. The van der Waals surface area contributed by atoms with Crippen LogP contribution >= 0.6 is 0 Å². The van der Waals surface area contributed by atoms with E-state index in [0.29, 0.717) is 6.04 Å². The van der Waals surface area contributed by atoms with Gasteiger partial charge in [0.1, 0.15) is 5.69 Å². The summed E-state index contributed by atoms with van der Waals surface area (Å²) < 4.78 is 1.98. The van der Waals surface area contributed by atoms with Crippen LogP contribution in [0.2, 0.25) is 0 Å². The molecule has 0 aromatic carbocycles. The number of H-pyrrole nitrogens is 2. The first-order chi connectivity index (χ1) is 16.5. The first-order valence-electron chi connectivity index (χ1n) is 11.1. The number of pyridine rings is 3. The lowest BCUT2D eigenvalue weighted by atomic mass is 10.1. The second-order valence-electron chi connectivity index (χ2n) is 8.68. The quantitative estimate of drug-likeness (QED) is 0.346. The standard InChI is InChI=1S/C25H23N9/c1-14(2)30-18-4-16(7-26-9-18)17-5-20-24(32-33-25(20)28-8-17)21-6-19-22(31-21)10-27-11-23(19)34-12-15(3)29-13-34/h4-14,30-31H,1-3H3,(H,28,32,33). The third kappa shape index (κ3) is 3.47. The zero-order chi connectivity index (χ0) is 23.2. The van der Waals surface area contributed by atoms with Gasteiger partial charge in [-0.05, 0) is 39.0 Å². The Kier molecular flexibility index (Phi) is 4.61. The van der Waals surface area contributed by atoms with Gasteiger partial charge in [-0.15, -0.1) is 0 Å². The van der Waals surface area contributed by atoms with Crippen LogP contribution < -0.4 is 5.32 Å². The van der Waals surface area contributed by atoms with Gasteiger partial charge in [0.25, 0.3) is 0 Å². The van der Waals surface area contributed by atoms with Gasteiger partial charge in [0.15, 0.2) is 5.65 Å². The van der Waals surface area contributed by atoms with Gasteiger partial charge < -0.3 is 14.9 Å². The minimum absolute atomic E-state index is 0.325. The normalized spacial score (nSPS) is 11.6. The predicted molar refractivity (Wildman–Crippen MR) is 133 cm³/mol. The van der Waals surface area contributed by atoms with E-state index in [-0.39, 0.29) is 0 Å². The molecule has 9 heteroatoms. The predicted octanol–water partition coefficient (Wildman–Crippen LogP) is 4.88. The van der Waals surface area contributed by atoms with E-state index in [2.05, 4.69) is 72.5 Å². The van der Waals surface area contributed by atoms with Gasteiger partial charge in [0.2, 0.25) is 0 Å². The van der Waals surface area contributed by atoms with Gasteiger partial charge in [-0.25, -0.2) is 9.97 Å². The minimum Gasteiger partial charge on any atom is -0.382 e. The van der Waals surface area contributed by atoms with Gasteiger partial charge in [0.05, 0.1) is 47.0 Å². The molecule has 0 aliphatic heterocycles. The Morgan fingerprint density at radius 1 is 0.912 bits per heavy atom. The maximum absolute atomic E-state index is 4.61. The van der Waals surface area contributed by atoms with Crippen LogP contribution in [0.3, 0.4) is 0 Å². The summed E-state index contributed by atoms with van der Waals surface area (Å²) in [5, 5.41) is 13.0. The molecule has 0 unspecified atom stereocenters. The van der Waals surface area contributed by atoms with E-state index in [1.54, 1.807) is 6.33 Å². The minimum atomic E-state index is 0.325. The Bertz CT molecular complexity index is 1640. The maximum Gasteiger partial charge on any atom is 0.155 e. The van der Waals surface area contributed by atoms with Gasteiger partial charge in [-0.2, -0.15) is 5.10 Å². The van der Waals surface area contributed by atoms with Crippen LogP contribution in [-0.2, 0) is 0 Å². The third-order valence-electron chi connectivity index (χ3n) is 5.71. The van der Waals surface area contributed by atoms with E-state index < -0.39 is 0 Å². The molecule has 6 heterocycles. The summed E-state index contributed by atoms with van der Waals surface area (Å²) in [6.07, 6.45) is 13.0. The van der Waals surface area contributed by atoms with E-state index in [1.165, 1.54) is 0 Å². The van der Waals surface area contributed by atoms with Crippen LogP contribution in [0.1, 0.15) is 19.5 Å². The zero-order valence-electron chi connectivity index (χ0n) is 19.0. The van der Waals surface area contributed by atoms with Crippen LogP contribution in [0.4, 0.5) is 5.69 Å². The van der Waals surface area contributed by atoms with Crippen molar-refractivity contribution in [3.05, 3.63) is 67.4 Å². The molecule has 0 atom stereocenters. The van der Waals surface area contributed by atoms with Crippen LogP contribution in [0, 0.1) is 6.92 Å². The van der Waals surface area contributed by atoms with Crippen molar-refractivity contribution in [3.63, 3.8) is 0 Å². The second kappa shape index (κ2) is 7.80. The van der Waals surface area contributed by atoms with Gasteiger partial charge in [-0.1, -0.05) is 0 Å². The first kappa shape index (κ1) is 20.1. The molecular formula is C25H23N9. The second-order valence-corrected chi connectivity index (χ2v) is 8.68. The Morgan fingerprint density at radius 2 is 1.76 bits per heavy atom. The van der Waals surface area contributed by atoms with Crippen LogP contribution in [0.5, 0.6) is 0 Å². The fraction of sp³-hybridized carbons (Fsp3) is 0.160. The number of fused-ring (bicyclic) bond motifs is 2. The Balaban J connectivity index is 1.45. The van der Waals surface area contributed by atoms with Gasteiger partial charge in [0, 0.05) is 52.7 Å². The number of hydrogen-bond donors (Lipinski definition) is 3. The topological polar surface area (TPSA) is 113 Å². The van der Waals surface area contributed by atoms with Crippen molar-refractivity contribution >= 4 is 27.6 Å². The summed E-state index contributed by atoms with van der Waals surface area (Å²) in [6, 6.07) is 6.61. The number of aromatic amines is 2. The fourth-order valence-corrected chi connectivity index (χ4v) is 4.20. The highest BCUT2D eigenvalue weighted by atomic mass is 15.2. The van der Waals surface area contributed by atoms with Crippen LogP contribution in [0.25, 0.3) is 50.1 Å². The largest absolute Gasteiger partial charge is 0.382 e. The monoisotopic (exact) mass is 449 g/mol. The molecule has 6 aromatic heterocycles. The molecule has 0 bridgehead atoms. The molecule has 0 saturated heterocycles. The van der Waals surface area contributed by atoms with E-state index in [1.807, 2.05) is 48.7 Å². The molecule has 0 fully saturated rings. The molecule has 0 saturated carbocycles. The molecule has 0 aliphatic rings. The number of aromatic nitrogens is 8. The Hall–Kier alpha value is -4.53. The SMILES string of the molecule is Cc1cn(-c2cncc3[nH]c(-c4n[nH]c5ncc(-c6cncc(NC(C)C)c6)cc45)cc23)cn1. The molecule has 9 nitrogen and oxygen atoms in total. The highest BCUT2D eigenvalue weighted by Gasteiger charge is 2.15. The highest BCUT2D eigenvalue weighted by molar-refractivity contribution is 5.97. The molecular weight excluding hydrogens is 426 g/mol. The van der Waals surface area contributed by atoms with Crippen LogP contribution in [0.15, 0.2) is 61.7 Å². The number of nitrogens with one attached hydrogen (secondary N) is 3. The number of hydrogen-bond acceptors (Lipinski definition) is 6. The van der Waals surface area contributed by atoms with E-state index in [0.717, 1.165) is 61.5 Å². The summed E-state index contributed by atoms with van der Waals surface area (Å²) >= 11 is 0. The highest BCUT2D eigenvalue weighted by Crippen LogP contribution is 2.32. The number of nitrogens with zero attached hydrogens (tertiary/aromatic N) is 6. The zero-order valence-corrected chi connectivity index (χ0v) is 19.0. The number of aryl methyl sites for hydroxylation is 1. The van der Waals surface area contributed by atoms with E-state index in [4.69, 9.17) is 0 Å². The van der Waals surface area contributed by atoms with Crippen molar-refractivity contribution in [2.24, 2.45) is 0 Å². The van der Waals surface area contributed by atoms with E-state index in [9.17, 15) is 0 Å². The molecule has 34 heavy (non-hydrogen) atoms. The average molecular weight is 450 g/mol. The summed E-state index contributed by atoms with van der Waals surface area (Å²) in [7, 11) is 0. The van der Waals surface area contributed by atoms with Crippen molar-refractivity contribution in [2.75, 3.05) is 5.32 Å². The van der Waals surface area contributed by atoms with Crippen molar-refractivity contribution in [1.29, 1.82) is 0 Å². The maximum atomic E-state index is 4.61.